The highest BCUT2D eigenvalue weighted by Gasteiger charge is 2.24. The molecule has 6 rings (SSSR count). The van der Waals surface area contributed by atoms with E-state index in [9.17, 15) is 14.0 Å². The van der Waals surface area contributed by atoms with Crippen molar-refractivity contribution in [3.63, 3.8) is 0 Å². The van der Waals surface area contributed by atoms with Crippen molar-refractivity contribution < 1.29 is 28.1 Å². The number of rotatable bonds is 7. The summed E-state index contributed by atoms with van der Waals surface area (Å²) in [5.74, 6) is 1.28. The van der Waals surface area contributed by atoms with Gasteiger partial charge in [0.15, 0.2) is 11.5 Å². The summed E-state index contributed by atoms with van der Waals surface area (Å²) in [4.78, 5) is 30.5. The number of pyridine rings is 2. The molecule has 0 unspecified atom stereocenters. The van der Waals surface area contributed by atoms with Gasteiger partial charge in [-0.15, -0.1) is 0 Å². The monoisotopic (exact) mass is 587 g/mol. The Balaban J connectivity index is 1.26. The molecule has 1 amide bonds. The van der Waals surface area contributed by atoms with Crippen LogP contribution in [0.15, 0.2) is 83.9 Å². The minimum atomic E-state index is -0.652. The number of anilines is 1. The lowest BCUT2D eigenvalue weighted by molar-refractivity contribution is 0.102. The Morgan fingerprint density at radius 2 is 1.83 bits per heavy atom. The molecule has 0 aliphatic carbocycles. The largest absolute Gasteiger partial charge is 0.490 e. The Hall–Kier alpha value is -5.09. The van der Waals surface area contributed by atoms with E-state index in [1.165, 1.54) is 41.1 Å². The van der Waals surface area contributed by atoms with Gasteiger partial charge in [-0.05, 0) is 61.5 Å². The Morgan fingerprint density at radius 3 is 2.60 bits per heavy atom. The third-order valence-corrected chi connectivity index (χ3v) is 6.77. The lowest BCUT2D eigenvalue weighted by Crippen LogP contribution is -2.27. The van der Waals surface area contributed by atoms with Crippen molar-refractivity contribution in [2.45, 2.75) is 6.92 Å². The molecule has 1 aliphatic rings. The van der Waals surface area contributed by atoms with E-state index >= 15 is 0 Å². The first-order valence-corrected chi connectivity index (χ1v) is 13.4. The van der Waals surface area contributed by atoms with Crippen molar-refractivity contribution in [1.82, 2.24) is 9.55 Å². The standard InChI is InChI=1S/C31H23ClFN3O6/c1-2-39-26-17-24-27(29-28(26)40-14-15-41-29)25(11-12-34-24)42-20-9-10-23(22(32)16-20)35-30(37)21-4-3-13-36(31(21)38)19-7-5-18(33)6-8-19/h3-13,16-17H,2,14-15H2,1H3,(H,35,37). The van der Waals surface area contributed by atoms with Crippen molar-refractivity contribution in [3.05, 3.63) is 106 Å². The van der Waals surface area contributed by atoms with E-state index in [0.29, 0.717) is 65.2 Å². The number of hydrogen-bond acceptors (Lipinski definition) is 7. The van der Waals surface area contributed by atoms with Crippen LogP contribution in [0.5, 0.6) is 28.7 Å². The second-order valence-corrected chi connectivity index (χ2v) is 9.54. The molecule has 3 aromatic carbocycles. The summed E-state index contributed by atoms with van der Waals surface area (Å²) in [5.41, 5.74) is 0.626. The average Bonchev–Trinajstić information content (AvgIpc) is 2.99. The van der Waals surface area contributed by atoms with E-state index in [1.54, 1.807) is 42.6 Å². The first kappa shape index (κ1) is 27.1. The summed E-state index contributed by atoms with van der Waals surface area (Å²) in [6.45, 7) is 3.09. The maximum absolute atomic E-state index is 13.3. The molecule has 0 saturated heterocycles. The van der Waals surface area contributed by atoms with Gasteiger partial charge in [0.2, 0.25) is 5.75 Å². The minimum absolute atomic E-state index is 0.111. The Morgan fingerprint density at radius 1 is 1.05 bits per heavy atom. The van der Waals surface area contributed by atoms with Gasteiger partial charge in [0.05, 0.1) is 28.2 Å². The summed E-state index contributed by atoms with van der Waals surface area (Å²) in [6.07, 6.45) is 3.11. The van der Waals surface area contributed by atoms with Crippen LogP contribution in [0.2, 0.25) is 5.02 Å². The Bertz CT molecular complexity index is 1880. The van der Waals surface area contributed by atoms with Crippen molar-refractivity contribution in [2.75, 3.05) is 25.1 Å². The third kappa shape index (κ3) is 5.19. The van der Waals surface area contributed by atoms with Gasteiger partial charge < -0.3 is 24.3 Å². The fraction of sp³-hybridized carbons (Fsp3) is 0.129. The number of aromatic nitrogens is 2. The molecule has 42 heavy (non-hydrogen) atoms. The Labute approximate surface area is 244 Å². The summed E-state index contributed by atoms with van der Waals surface area (Å²) >= 11 is 6.51. The molecule has 9 nitrogen and oxygen atoms in total. The van der Waals surface area contributed by atoms with Crippen LogP contribution in [0.25, 0.3) is 16.6 Å². The number of carbonyl (C=O) groups excluding carboxylic acids is 1. The number of benzene rings is 3. The van der Waals surface area contributed by atoms with Crippen LogP contribution in [0.1, 0.15) is 17.3 Å². The molecule has 212 valence electrons. The number of ether oxygens (including phenoxy) is 4. The highest BCUT2D eigenvalue weighted by molar-refractivity contribution is 6.34. The molecule has 0 bridgehead atoms. The predicted molar refractivity (Wildman–Crippen MR) is 155 cm³/mol. The zero-order valence-electron chi connectivity index (χ0n) is 22.2. The summed E-state index contributed by atoms with van der Waals surface area (Å²) < 4.78 is 38.3. The molecule has 3 heterocycles. The number of fused-ring (bicyclic) bond motifs is 3. The maximum Gasteiger partial charge on any atom is 0.267 e. The minimum Gasteiger partial charge on any atom is -0.490 e. The second kappa shape index (κ2) is 11.4. The van der Waals surface area contributed by atoms with Crippen LogP contribution in [0, 0.1) is 5.82 Å². The van der Waals surface area contributed by atoms with E-state index in [4.69, 9.17) is 30.5 Å². The van der Waals surface area contributed by atoms with Crippen molar-refractivity contribution in [1.29, 1.82) is 0 Å². The van der Waals surface area contributed by atoms with Crippen molar-refractivity contribution in [2.24, 2.45) is 0 Å². The summed E-state index contributed by atoms with van der Waals surface area (Å²) in [6, 6.07) is 16.6. The van der Waals surface area contributed by atoms with Gasteiger partial charge >= 0.3 is 0 Å². The van der Waals surface area contributed by atoms with Crippen molar-refractivity contribution in [3.8, 4) is 34.4 Å². The molecule has 0 fully saturated rings. The van der Waals surface area contributed by atoms with Gasteiger partial charge in [0.25, 0.3) is 11.5 Å². The number of halogens is 2. The fourth-order valence-corrected chi connectivity index (χ4v) is 4.79. The number of nitrogens with one attached hydrogen (secondary N) is 1. The fourth-order valence-electron chi connectivity index (χ4n) is 4.57. The molecule has 0 saturated carbocycles. The SMILES string of the molecule is CCOc1cc2nccc(Oc3ccc(NC(=O)c4cccn(-c5ccc(F)cc5)c4=O)c(Cl)c3)c2c2c1OCCO2. The molecule has 0 atom stereocenters. The van der Waals surface area contributed by atoms with Gasteiger partial charge in [0.1, 0.15) is 36.1 Å². The van der Waals surface area contributed by atoms with Crippen LogP contribution in [0.4, 0.5) is 10.1 Å². The molecule has 11 heteroatoms. The molecule has 0 spiro atoms. The molecular weight excluding hydrogens is 565 g/mol. The van der Waals surface area contributed by atoms with Crippen LogP contribution >= 0.6 is 11.6 Å². The number of nitrogens with zero attached hydrogens (tertiary/aromatic N) is 2. The smallest absolute Gasteiger partial charge is 0.267 e. The zero-order chi connectivity index (χ0) is 29.2. The maximum atomic E-state index is 13.3. The Kier molecular flexibility index (Phi) is 7.37. The molecule has 1 N–H and O–H groups in total. The van der Waals surface area contributed by atoms with E-state index < -0.39 is 17.3 Å². The van der Waals surface area contributed by atoms with E-state index in [1.807, 2.05) is 6.92 Å². The molecular formula is C31H23ClFN3O6. The highest BCUT2D eigenvalue weighted by atomic mass is 35.5. The van der Waals surface area contributed by atoms with E-state index in [0.717, 1.165) is 0 Å². The van der Waals surface area contributed by atoms with Crippen molar-refractivity contribution >= 4 is 34.1 Å². The van der Waals surface area contributed by atoms with Crippen LogP contribution in [-0.4, -0.2) is 35.3 Å². The normalized spacial score (nSPS) is 12.2. The second-order valence-electron chi connectivity index (χ2n) is 9.14. The number of carbonyl (C=O) groups is 1. The van der Waals surface area contributed by atoms with Crippen LogP contribution < -0.4 is 29.8 Å². The number of amides is 1. The van der Waals surface area contributed by atoms with Gasteiger partial charge in [-0.25, -0.2) is 4.39 Å². The third-order valence-electron chi connectivity index (χ3n) is 6.46. The molecule has 2 aromatic heterocycles. The van der Waals surface area contributed by atoms with Gasteiger partial charge in [-0.1, -0.05) is 11.6 Å². The van der Waals surface area contributed by atoms with Gasteiger partial charge in [-0.3, -0.25) is 19.1 Å². The summed E-state index contributed by atoms with van der Waals surface area (Å²) in [5, 5.41) is 3.48. The lowest BCUT2D eigenvalue weighted by Gasteiger charge is -2.23. The topological polar surface area (TPSA) is 101 Å². The van der Waals surface area contributed by atoms with E-state index in [-0.39, 0.29) is 16.3 Å². The van der Waals surface area contributed by atoms with Gasteiger partial charge in [0, 0.05) is 30.2 Å². The molecule has 1 aliphatic heterocycles. The van der Waals surface area contributed by atoms with E-state index in [2.05, 4.69) is 10.3 Å². The lowest BCUT2D eigenvalue weighted by atomic mass is 10.1. The summed E-state index contributed by atoms with van der Waals surface area (Å²) in [7, 11) is 0. The first-order chi connectivity index (χ1) is 20.4. The van der Waals surface area contributed by atoms with Crippen LogP contribution in [-0.2, 0) is 0 Å². The first-order valence-electron chi connectivity index (χ1n) is 13.0. The van der Waals surface area contributed by atoms with Crippen LogP contribution in [0.3, 0.4) is 0 Å². The quantitative estimate of drug-likeness (QED) is 0.235. The van der Waals surface area contributed by atoms with Gasteiger partial charge in [-0.2, -0.15) is 0 Å². The predicted octanol–water partition coefficient (Wildman–Crippen LogP) is 6.39. The highest BCUT2D eigenvalue weighted by Crippen LogP contribution is 2.48. The molecule has 0 radical (unpaired) electrons. The number of hydrogen-bond donors (Lipinski definition) is 1. The molecule has 5 aromatic rings. The zero-order valence-corrected chi connectivity index (χ0v) is 23.0. The average molecular weight is 588 g/mol.